The van der Waals surface area contributed by atoms with Gasteiger partial charge in [-0.05, 0) is 42.8 Å². The van der Waals surface area contributed by atoms with Gasteiger partial charge in [-0.1, -0.05) is 15.9 Å². The van der Waals surface area contributed by atoms with Crippen LogP contribution in [-0.2, 0) is 21.4 Å². The Kier molecular flexibility index (Phi) is 5.97. The Morgan fingerprint density at radius 2 is 1.91 bits per heavy atom. The molecule has 0 saturated carbocycles. The minimum Gasteiger partial charge on any atom is -0.481 e. The average Bonchev–Trinajstić information content (AvgIpc) is 2.99. The molecule has 1 aromatic carbocycles. The Balaban J connectivity index is 2.23. The summed E-state index contributed by atoms with van der Waals surface area (Å²) in [7, 11) is -3.73. The van der Waals surface area contributed by atoms with Gasteiger partial charge in [-0.25, -0.2) is 8.42 Å². The van der Waals surface area contributed by atoms with E-state index in [0.717, 1.165) is 4.47 Å². The normalized spacial score (nSPS) is 11.7. The molecular formula is C15H16BrNO5S. The van der Waals surface area contributed by atoms with Crippen molar-refractivity contribution in [1.29, 1.82) is 0 Å². The van der Waals surface area contributed by atoms with Gasteiger partial charge in [-0.2, -0.15) is 4.31 Å². The molecule has 0 aliphatic carbocycles. The molecule has 1 N–H and O–H groups in total. The fraction of sp³-hybridized carbons (Fsp3) is 0.267. The molecule has 0 bridgehead atoms. The zero-order valence-electron chi connectivity index (χ0n) is 12.2. The summed E-state index contributed by atoms with van der Waals surface area (Å²) in [6.45, 7) is 0.163. The highest BCUT2D eigenvalue weighted by Crippen LogP contribution is 2.21. The lowest BCUT2D eigenvalue weighted by Crippen LogP contribution is -2.31. The molecule has 124 valence electrons. The fourth-order valence-corrected chi connectivity index (χ4v) is 3.73. The van der Waals surface area contributed by atoms with Crippen molar-refractivity contribution in [1.82, 2.24) is 4.31 Å². The second-order valence-electron chi connectivity index (χ2n) is 4.87. The number of carbonyl (C=O) groups is 1. The van der Waals surface area contributed by atoms with Crippen LogP contribution in [0, 0.1) is 0 Å². The third-order valence-electron chi connectivity index (χ3n) is 3.16. The van der Waals surface area contributed by atoms with Gasteiger partial charge in [-0.15, -0.1) is 0 Å². The van der Waals surface area contributed by atoms with Crippen LogP contribution in [0.15, 0.2) is 56.4 Å². The Labute approximate surface area is 142 Å². The van der Waals surface area contributed by atoms with Gasteiger partial charge in [0, 0.05) is 17.4 Å². The van der Waals surface area contributed by atoms with E-state index in [2.05, 4.69) is 15.9 Å². The number of nitrogens with zero attached hydrogens (tertiary/aromatic N) is 1. The maximum absolute atomic E-state index is 12.8. The van der Waals surface area contributed by atoms with Gasteiger partial charge < -0.3 is 9.52 Å². The molecular weight excluding hydrogens is 386 g/mol. The first-order valence-electron chi connectivity index (χ1n) is 6.89. The molecule has 0 spiro atoms. The van der Waals surface area contributed by atoms with Crippen LogP contribution in [0.4, 0.5) is 0 Å². The molecule has 0 atom stereocenters. The predicted molar refractivity (Wildman–Crippen MR) is 87.3 cm³/mol. The zero-order chi connectivity index (χ0) is 16.9. The van der Waals surface area contributed by atoms with Gasteiger partial charge in [0.2, 0.25) is 10.0 Å². The second kappa shape index (κ2) is 7.76. The second-order valence-corrected chi connectivity index (χ2v) is 7.72. The molecule has 0 aliphatic rings. The Morgan fingerprint density at radius 3 is 2.48 bits per heavy atom. The van der Waals surface area contributed by atoms with E-state index in [-0.39, 0.29) is 30.8 Å². The van der Waals surface area contributed by atoms with Crippen molar-refractivity contribution in [2.75, 3.05) is 6.54 Å². The van der Waals surface area contributed by atoms with Gasteiger partial charge in [0.25, 0.3) is 0 Å². The lowest BCUT2D eigenvalue weighted by Gasteiger charge is -2.21. The molecule has 1 aromatic heterocycles. The molecule has 0 amide bonds. The van der Waals surface area contributed by atoms with E-state index in [1.807, 2.05) is 0 Å². The van der Waals surface area contributed by atoms with E-state index < -0.39 is 16.0 Å². The van der Waals surface area contributed by atoms with E-state index in [1.165, 1.54) is 22.7 Å². The predicted octanol–water partition coefficient (Wildman–Crippen LogP) is 3.10. The smallest absolute Gasteiger partial charge is 0.303 e. The highest BCUT2D eigenvalue weighted by Gasteiger charge is 2.25. The summed E-state index contributed by atoms with van der Waals surface area (Å²) in [4.78, 5) is 10.8. The molecule has 0 saturated heterocycles. The van der Waals surface area contributed by atoms with Crippen LogP contribution in [0.3, 0.4) is 0 Å². The molecule has 0 unspecified atom stereocenters. The van der Waals surface area contributed by atoms with Crippen LogP contribution >= 0.6 is 15.9 Å². The van der Waals surface area contributed by atoms with E-state index in [1.54, 1.807) is 24.3 Å². The summed E-state index contributed by atoms with van der Waals surface area (Å²) < 4.78 is 32.8. The standard InChI is InChI=1S/C15H16BrNO5S/c16-12-5-7-14(8-6-12)23(20,21)17(9-1-4-15(18)19)11-13-3-2-10-22-13/h2-3,5-8,10H,1,4,9,11H2,(H,18,19). The zero-order valence-corrected chi connectivity index (χ0v) is 14.6. The highest BCUT2D eigenvalue weighted by atomic mass is 79.9. The number of hydrogen-bond acceptors (Lipinski definition) is 4. The Bertz CT molecular complexity index is 741. The van der Waals surface area contributed by atoms with Crippen LogP contribution in [0.2, 0.25) is 0 Å². The van der Waals surface area contributed by atoms with Gasteiger partial charge >= 0.3 is 5.97 Å². The minimum absolute atomic E-state index is 0.0605. The third-order valence-corrected chi connectivity index (χ3v) is 5.55. The van der Waals surface area contributed by atoms with Crippen LogP contribution in [0.25, 0.3) is 0 Å². The van der Waals surface area contributed by atoms with Crippen LogP contribution in [0.5, 0.6) is 0 Å². The summed E-state index contributed by atoms with van der Waals surface area (Å²) in [6.07, 6.45) is 1.60. The lowest BCUT2D eigenvalue weighted by molar-refractivity contribution is -0.137. The average molecular weight is 402 g/mol. The number of hydrogen-bond donors (Lipinski definition) is 1. The molecule has 2 rings (SSSR count). The van der Waals surface area contributed by atoms with Crippen molar-refractivity contribution in [3.8, 4) is 0 Å². The van der Waals surface area contributed by atoms with Gasteiger partial charge in [0.15, 0.2) is 0 Å². The molecule has 23 heavy (non-hydrogen) atoms. The molecule has 0 fully saturated rings. The number of halogens is 1. The SMILES string of the molecule is O=C(O)CCCN(Cc1ccco1)S(=O)(=O)c1ccc(Br)cc1. The van der Waals surface area contributed by atoms with Crippen LogP contribution < -0.4 is 0 Å². The van der Waals surface area contributed by atoms with Gasteiger partial charge in [0.1, 0.15) is 5.76 Å². The molecule has 1 heterocycles. The van der Waals surface area contributed by atoms with E-state index in [4.69, 9.17) is 9.52 Å². The number of carboxylic acids is 1. The quantitative estimate of drug-likeness (QED) is 0.733. The summed E-state index contributed by atoms with van der Waals surface area (Å²) >= 11 is 3.27. The lowest BCUT2D eigenvalue weighted by atomic mass is 10.3. The van der Waals surface area contributed by atoms with Crippen LogP contribution in [0.1, 0.15) is 18.6 Å². The molecule has 6 nitrogen and oxygen atoms in total. The van der Waals surface area contributed by atoms with Gasteiger partial charge in [-0.3, -0.25) is 4.79 Å². The van der Waals surface area contributed by atoms with Crippen molar-refractivity contribution >= 4 is 31.9 Å². The highest BCUT2D eigenvalue weighted by molar-refractivity contribution is 9.10. The van der Waals surface area contributed by atoms with Crippen molar-refractivity contribution in [3.05, 3.63) is 52.9 Å². The van der Waals surface area contributed by atoms with E-state index in [0.29, 0.717) is 5.76 Å². The van der Waals surface area contributed by atoms with Gasteiger partial charge in [0.05, 0.1) is 17.7 Å². The monoisotopic (exact) mass is 401 g/mol. The number of rotatable bonds is 8. The number of aliphatic carboxylic acids is 1. The topological polar surface area (TPSA) is 87.8 Å². The summed E-state index contributed by atoms with van der Waals surface area (Å²) in [5.74, 6) is -0.454. The molecule has 0 aliphatic heterocycles. The number of carboxylic acid groups (broad SMARTS) is 1. The van der Waals surface area contributed by atoms with Crippen molar-refractivity contribution in [3.63, 3.8) is 0 Å². The van der Waals surface area contributed by atoms with Crippen molar-refractivity contribution < 1.29 is 22.7 Å². The first-order chi connectivity index (χ1) is 10.9. The Morgan fingerprint density at radius 1 is 1.22 bits per heavy atom. The molecule has 0 radical (unpaired) electrons. The third kappa shape index (κ3) is 4.92. The summed E-state index contributed by atoms with van der Waals surface area (Å²) in [5.41, 5.74) is 0. The fourth-order valence-electron chi connectivity index (χ4n) is 2.02. The minimum atomic E-state index is -3.73. The van der Waals surface area contributed by atoms with Crippen molar-refractivity contribution in [2.24, 2.45) is 0 Å². The van der Waals surface area contributed by atoms with E-state index >= 15 is 0 Å². The summed E-state index contributed by atoms with van der Waals surface area (Å²) in [5, 5.41) is 8.74. The first kappa shape index (κ1) is 17.7. The number of furan rings is 1. The molecule has 2 aromatic rings. The summed E-state index contributed by atoms with van der Waals surface area (Å²) in [6, 6.07) is 9.67. The number of benzene rings is 1. The maximum Gasteiger partial charge on any atom is 0.303 e. The molecule has 8 heteroatoms. The van der Waals surface area contributed by atoms with Crippen molar-refractivity contribution in [2.45, 2.75) is 24.3 Å². The largest absolute Gasteiger partial charge is 0.481 e. The van der Waals surface area contributed by atoms with Crippen LogP contribution in [-0.4, -0.2) is 30.3 Å². The van der Waals surface area contributed by atoms with E-state index in [9.17, 15) is 13.2 Å². The Hall–Kier alpha value is -1.64. The number of sulfonamides is 1. The first-order valence-corrected chi connectivity index (χ1v) is 9.13. The maximum atomic E-state index is 12.8.